The largest absolute Gasteiger partial charge is 0.391 e. The van der Waals surface area contributed by atoms with Gasteiger partial charge in [0, 0.05) is 30.9 Å². The third-order valence-corrected chi connectivity index (χ3v) is 2.94. The van der Waals surface area contributed by atoms with Crippen molar-refractivity contribution in [3.63, 3.8) is 0 Å². The van der Waals surface area contributed by atoms with E-state index in [2.05, 4.69) is 26.9 Å². The first-order valence-corrected chi connectivity index (χ1v) is 5.75. The highest BCUT2D eigenvalue weighted by molar-refractivity contribution is 9.09. The van der Waals surface area contributed by atoms with E-state index in [1.807, 2.05) is 0 Å². The lowest BCUT2D eigenvalue weighted by atomic mass is 10.3. The molecule has 0 aliphatic heterocycles. The minimum Gasteiger partial charge on any atom is -0.391 e. The second-order valence-electron chi connectivity index (χ2n) is 3.44. The fraction of sp³-hybridized carbons (Fsp3) is 0.889. The van der Waals surface area contributed by atoms with Gasteiger partial charge in [-0.3, -0.25) is 4.90 Å². The zero-order valence-corrected chi connectivity index (χ0v) is 9.20. The van der Waals surface area contributed by atoms with Gasteiger partial charge in [-0.15, -0.1) is 0 Å². The number of halogens is 1. The average molecular weight is 247 g/mol. The van der Waals surface area contributed by atoms with Gasteiger partial charge >= 0.3 is 0 Å². The number of alkyl halides is 1. The molecule has 0 aromatic heterocycles. The lowest BCUT2D eigenvalue weighted by Crippen LogP contribution is -2.35. The summed E-state index contributed by atoms with van der Waals surface area (Å²) in [7, 11) is 0. The summed E-state index contributed by atoms with van der Waals surface area (Å²) in [6, 6.07) is 2.76. The standard InChI is InChI=1S/C9H15BrN2O/c10-6-9(13)7-12(5-1-4-11)8-2-3-8/h8-9,13H,1-3,5-7H2. The number of nitrogens with zero attached hydrogens (tertiary/aromatic N) is 2. The first kappa shape index (κ1) is 11.0. The first-order chi connectivity index (χ1) is 6.27. The first-order valence-electron chi connectivity index (χ1n) is 4.63. The van der Waals surface area contributed by atoms with Crippen LogP contribution in [-0.2, 0) is 0 Å². The Labute approximate surface area is 87.5 Å². The topological polar surface area (TPSA) is 47.3 Å². The van der Waals surface area contributed by atoms with Gasteiger partial charge in [-0.25, -0.2) is 0 Å². The van der Waals surface area contributed by atoms with Crippen LogP contribution in [0, 0.1) is 11.3 Å². The smallest absolute Gasteiger partial charge is 0.0763 e. The molecule has 0 amide bonds. The third kappa shape index (κ3) is 4.08. The molecule has 13 heavy (non-hydrogen) atoms. The van der Waals surface area contributed by atoms with Gasteiger partial charge in [-0.05, 0) is 12.8 Å². The molecule has 0 spiro atoms. The van der Waals surface area contributed by atoms with E-state index in [1.165, 1.54) is 12.8 Å². The van der Waals surface area contributed by atoms with Crippen LogP contribution in [0.1, 0.15) is 19.3 Å². The Morgan fingerprint density at radius 3 is 2.77 bits per heavy atom. The van der Waals surface area contributed by atoms with Gasteiger partial charge in [-0.1, -0.05) is 15.9 Å². The van der Waals surface area contributed by atoms with Crippen LogP contribution in [0.5, 0.6) is 0 Å². The van der Waals surface area contributed by atoms with E-state index in [4.69, 9.17) is 5.26 Å². The highest BCUT2D eigenvalue weighted by atomic mass is 79.9. The highest BCUT2D eigenvalue weighted by Gasteiger charge is 2.29. The third-order valence-electron chi connectivity index (χ3n) is 2.20. The van der Waals surface area contributed by atoms with Crippen molar-refractivity contribution in [2.45, 2.75) is 31.4 Å². The second-order valence-corrected chi connectivity index (χ2v) is 4.09. The predicted octanol–water partition coefficient (Wildman–Crippen LogP) is 1.12. The minimum absolute atomic E-state index is 0.306. The number of hydrogen-bond acceptors (Lipinski definition) is 3. The van der Waals surface area contributed by atoms with Gasteiger partial charge in [-0.2, -0.15) is 5.26 Å². The second kappa shape index (κ2) is 5.58. The van der Waals surface area contributed by atoms with E-state index in [9.17, 15) is 5.11 Å². The van der Waals surface area contributed by atoms with Gasteiger partial charge in [0.1, 0.15) is 0 Å². The molecule has 74 valence electrons. The fourth-order valence-corrected chi connectivity index (χ4v) is 1.58. The van der Waals surface area contributed by atoms with Gasteiger partial charge < -0.3 is 5.11 Å². The molecule has 0 radical (unpaired) electrons. The van der Waals surface area contributed by atoms with Crippen molar-refractivity contribution in [1.29, 1.82) is 5.26 Å². The molecule has 0 saturated heterocycles. The zero-order chi connectivity index (χ0) is 9.68. The van der Waals surface area contributed by atoms with Crippen molar-refractivity contribution < 1.29 is 5.11 Å². The number of aliphatic hydroxyl groups excluding tert-OH is 1. The average Bonchev–Trinajstić information content (AvgIpc) is 2.94. The lowest BCUT2D eigenvalue weighted by Gasteiger charge is -2.22. The Balaban J connectivity index is 2.25. The summed E-state index contributed by atoms with van der Waals surface area (Å²) in [5, 5.41) is 18.5. The molecule has 0 aromatic carbocycles. The molecular weight excluding hydrogens is 232 g/mol. The SMILES string of the molecule is N#CCCN(CC(O)CBr)C1CC1. The molecule has 1 unspecified atom stereocenters. The summed E-state index contributed by atoms with van der Waals surface area (Å²) in [6.07, 6.45) is 2.70. The van der Waals surface area contributed by atoms with Gasteiger partial charge in [0.05, 0.1) is 12.2 Å². The maximum Gasteiger partial charge on any atom is 0.0763 e. The summed E-state index contributed by atoms with van der Waals surface area (Å²) in [6.45, 7) is 1.49. The van der Waals surface area contributed by atoms with Crippen molar-refractivity contribution in [3.8, 4) is 6.07 Å². The van der Waals surface area contributed by atoms with Crippen LogP contribution < -0.4 is 0 Å². The van der Waals surface area contributed by atoms with Crippen LogP contribution in [-0.4, -0.2) is 40.6 Å². The normalized spacial score (nSPS) is 18.6. The molecular formula is C9H15BrN2O. The van der Waals surface area contributed by atoms with Crippen molar-refractivity contribution >= 4 is 15.9 Å². The van der Waals surface area contributed by atoms with Crippen LogP contribution in [0.25, 0.3) is 0 Å². The Bertz CT molecular complexity index is 189. The molecule has 1 fully saturated rings. The number of aliphatic hydroxyl groups is 1. The van der Waals surface area contributed by atoms with E-state index in [1.54, 1.807) is 0 Å². The number of hydrogen-bond donors (Lipinski definition) is 1. The number of rotatable bonds is 6. The van der Waals surface area contributed by atoms with Crippen LogP contribution >= 0.6 is 15.9 Å². The van der Waals surface area contributed by atoms with Crippen molar-refractivity contribution in [2.24, 2.45) is 0 Å². The molecule has 1 N–H and O–H groups in total. The Morgan fingerprint density at radius 1 is 1.62 bits per heavy atom. The molecule has 0 aromatic rings. The molecule has 0 heterocycles. The van der Waals surface area contributed by atoms with Crippen LogP contribution in [0.4, 0.5) is 0 Å². The monoisotopic (exact) mass is 246 g/mol. The maximum absolute atomic E-state index is 9.43. The summed E-state index contributed by atoms with van der Waals surface area (Å²) in [4.78, 5) is 2.22. The molecule has 0 bridgehead atoms. The molecule has 1 aliphatic carbocycles. The van der Waals surface area contributed by atoms with E-state index in [-0.39, 0.29) is 6.10 Å². The summed E-state index contributed by atoms with van der Waals surface area (Å²) >= 11 is 3.24. The quantitative estimate of drug-likeness (QED) is 0.715. The molecule has 1 saturated carbocycles. The molecule has 3 nitrogen and oxygen atoms in total. The van der Waals surface area contributed by atoms with Gasteiger partial charge in [0.2, 0.25) is 0 Å². The van der Waals surface area contributed by atoms with Crippen molar-refractivity contribution in [3.05, 3.63) is 0 Å². The Morgan fingerprint density at radius 2 is 2.31 bits per heavy atom. The molecule has 1 aliphatic rings. The van der Waals surface area contributed by atoms with Crippen molar-refractivity contribution in [2.75, 3.05) is 18.4 Å². The Hall–Kier alpha value is -0.110. The molecule has 1 atom stereocenters. The van der Waals surface area contributed by atoms with Crippen LogP contribution in [0.3, 0.4) is 0 Å². The minimum atomic E-state index is -0.306. The van der Waals surface area contributed by atoms with Crippen molar-refractivity contribution in [1.82, 2.24) is 4.90 Å². The summed E-state index contributed by atoms with van der Waals surface area (Å²) in [5.74, 6) is 0. The summed E-state index contributed by atoms with van der Waals surface area (Å²) in [5.41, 5.74) is 0. The van der Waals surface area contributed by atoms with E-state index in [0.717, 1.165) is 6.54 Å². The molecule has 1 rings (SSSR count). The zero-order valence-electron chi connectivity index (χ0n) is 7.62. The fourth-order valence-electron chi connectivity index (χ4n) is 1.38. The molecule has 4 heteroatoms. The van der Waals surface area contributed by atoms with E-state index in [0.29, 0.717) is 24.3 Å². The predicted molar refractivity (Wildman–Crippen MR) is 54.6 cm³/mol. The maximum atomic E-state index is 9.43. The van der Waals surface area contributed by atoms with Gasteiger partial charge in [0.15, 0.2) is 0 Å². The summed E-state index contributed by atoms with van der Waals surface area (Å²) < 4.78 is 0. The van der Waals surface area contributed by atoms with Gasteiger partial charge in [0.25, 0.3) is 0 Å². The Kier molecular flexibility index (Phi) is 4.71. The lowest BCUT2D eigenvalue weighted by molar-refractivity contribution is 0.127. The number of nitriles is 1. The van der Waals surface area contributed by atoms with Crippen LogP contribution in [0.2, 0.25) is 0 Å². The van der Waals surface area contributed by atoms with E-state index >= 15 is 0 Å². The highest BCUT2D eigenvalue weighted by Crippen LogP contribution is 2.26. The van der Waals surface area contributed by atoms with E-state index < -0.39 is 0 Å². The van der Waals surface area contributed by atoms with Crippen LogP contribution in [0.15, 0.2) is 0 Å².